The molecule has 8 heteroatoms. The molecule has 0 bridgehead atoms. The molecular weight excluding hydrogens is 708 g/mol. The van der Waals surface area contributed by atoms with Gasteiger partial charge in [0.1, 0.15) is 23.7 Å². The van der Waals surface area contributed by atoms with E-state index in [2.05, 4.69) is 102 Å². The molecule has 0 aromatic heterocycles. The van der Waals surface area contributed by atoms with Gasteiger partial charge in [-0.15, -0.1) is 0 Å². The Morgan fingerprint density at radius 2 is 1.00 bits per heavy atom. The maximum absolute atomic E-state index is 10.0. The van der Waals surface area contributed by atoms with E-state index in [9.17, 15) is 10.2 Å². The normalized spacial score (nSPS) is 25.4. The van der Waals surface area contributed by atoms with Crippen LogP contribution in [0.2, 0.25) is 0 Å². The summed E-state index contributed by atoms with van der Waals surface area (Å²) < 4.78 is 16.2. The van der Waals surface area contributed by atoms with Crippen molar-refractivity contribution in [2.45, 2.75) is 95.0 Å². The number of aliphatic hydroxyl groups excluding tert-OH is 2. The monoisotopic (exact) mass is 736 g/mol. The maximum atomic E-state index is 10.0. The first-order valence-electron chi connectivity index (χ1n) is 12.2. The fraction of sp³-hybridized carbons (Fsp3) is 0.556. The fourth-order valence-electron chi connectivity index (χ4n) is 5.02. The van der Waals surface area contributed by atoms with E-state index in [4.69, 9.17) is 9.47 Å². The van der Waals surface area contributed by atoms with Crippen LogP contribution in [0.3, 0.4) is 0 Å². The zero-order valence-corrected chi connectivity index (χ0v) is 26.3. The van der Waals surface area contributed by atoms with Crippen LogP contribution < -0.4 is 9.47 Å². The average molecular weight is 740 g/mol. The fourth-order valence-corrected chi connectivity index (χ4v) is 7.77. The third-order valence-corrected chi connectivity index (χ3v) is 9.56. The number of rotatable bonds is 6. The summed E-state index contributed by atoms with van der Waals surface area (Å²) in [5.41, 5.74) is 1.97. The largest absolute Gasteiger partial charge is 0.488 e. The lowest BCUT2D eigenvalue weighted by Crippen LogP contribution is -2.28. The summed E-state index contributed by atoms with van der Waals surface area (Å²) in [6, 6.07) is 8.48. The van der Waals surface area contributed by atoms with Crippen molar-refractivity contribution in [1.29, 1.82) is 0 Å². The van der Waals surface area contributed by atoms with Crippen molar-refractivity contribution in [3.05, 3.63) is 53.3 Å². The minimum atomic E-state index is -0.296. The van der Waals surface area contributed by atoms with Gasteiger partial charge in [0.25, 0.3) is 0 Å². The molecule has 4 rings (SSSR count). The van der Waals surface area contributed by atoms with E-state index in [0.29, 0.717) is 12.8 Å². The number of hydrogen-bond acceptors (Lipinski definition) is 4. The van der Waals surface area contributed by atoms with Crippen molar-refractivity contribution in [1.82, 2.24) is 0 Å². The van der Waals surface area contributed by atoms with Gasteiger partial charge >= 0.3 is 0 Å². The molecule has 0 aliphatic heterocycles. The average Bonchev–Trinajstić information content (AvgIpc) is 2.78. The Morgan fingerprint density at radius 1 is 0.657 bits per heavy atom. The quantitative estimate of drug-likeness (QED) is 0.313. The molecule has 4 unspecified atom stereocenters. The SMILES string of the molecule is CC(C)(c1cc(Br)c(OC2CCCC(O)C2)c(Br)c1)c1cc(Br)c(OC2CCCC(O)C2)c(Br)c1. The molecule has 0 amide bonds. The van der Waals surface area contributed by atoms with Gasteiger partial charge < -0.3 is 19.7 Å². The van der Waals surface area contributed by atoms with Crippen LogP contribution in [0, 0.1) is 0 Å². The van der Waals surface area contributed by atoms with Gasteiger partial charge in [0, 0.05) is 18.3 Å². The molecule has 2 saturated carbocycles. The smallest absolute Gasteiger partial charge is 0.148 e. The lowest BCUT2D eigenvalue weighted by molar-refractivity contribution is 0.0524. The molecule has 35 heavy (non-hydrogen) atoms. The van der Waals surface area contributed by atoms with E-state index in [1.165, 1.54) is 0 Å². The van der Waals surface area contributed by atoms with E-state index in [0.717, 1.165) is 79.0 Å². The molecule has 4 nitrogen and oxygen atoms in total. The van der Waals surface area contributed by atoms with Crippen molar-refractivity contribution in [3.63, 3.8) is 0 Å². The third kappa shape index (κ3) is 6.66. The highest BCUT2D eigenvalue weighted by molar-refractivity contribution is 9.11. The number of aliphatic hydroxyl groups is 2. The number of benzene rings is 2. The van der Waals surface area contributed by atoms with Crippen LogP contribution in [0.25, 0.3) is 0 Å². The lowest BCUT2D eigenvalue weighted by atomic mass is 9.78. The number of halogens is 4. The second kappa shape index (κ2) is 11.7. The summed E-state index contributed by atoms with van der Waals surface area (Å²) in [5, 5.41) is 20.0. The van der Waals surface area contributed by atoms with E-state index in [1.807, 2.05) is 0 Å². The second-order valence-corrected chi connectivity index (χ2v) is 13.7. The van der Waals surface area contributed by atoms with E-state index in [-0.39, 0.29) is 29.8 Å². The predicted molar refractivity (Wildman–Crippen MR) is 154 cm³/mol. The summed E-state index contributed by atoms with van der Waals surface area (Å²) in [6.45, 7) is 4.40. The van der Waals surface area contributed by atoms with Gasteiger partial charge in [-0.25, -0.2) is 0 Å². The summed E-state index contributed by atoms with van der Waals surface area (Å²) in [6.07, 6.45) is 6.41. The van der Waals surface area contributed by atoms with Crippen LogP contribution in [0.5, 0.6) is 11.5 Å². The molecule has 4 atom stereocenters. The first kappa shape index (κ1) is 27.9. The highest BCUT2D eigenvalue weighted by Gasteiger charge is 2.30. The zero-order chi connectivity index (χ0) is 25.3. The Morgan fingerprint density at radius 3 is 1.31 bits per heavy atom. The zero-order valence-electron chi connectivity index (χ0n) is 20.0. The molecule has 0 spiro atoms. The van der Waals surface area contributed by atoms with Crippen molar-refractivity contribution in [2.24, 2.45) is 0 Å². The molecule has 0 radical (unpaired) electrons. The van der Waals surface area contributed by atoms with Crippen LogP contribution in [0.1, 0.15) is 76.3 Å². The van der Waals surface area contributed by atoms with Gasteiger partial charge in [-0.1, -0.05) is 13.8 Å². The minimum Gasteiger partial charge on any atom is -0.488 e. The first-order valence-corrected chi connectivity index (χ1v) is 15.4. The van der Waals surface area contributed by atoms with Crippen molar-refractivity contribution >= 4 is 63.7 Å². The van der Waals surface area contributed by atoms with Gasteiger partial charge in [-0.05, 0) is 138 Å². The van der Waals surface area contributed by atoms with Crippen molar-refractivity contribution in [3.8, 4) is 11.5 Å². The van der Waals surface area contributed by atoms with E-state index in [1.54, 1.807) is 0 Å². The molecule has 0 heterocycles. The molecule has 2 fully saturated rings. The molecule has 2 aromatic carbocycles. The topological polar surface area (TPSA) is 58.9 Å². The molecule has 2 aliphatic carbocycles. The molecule has 0 saturated heterocycles. The Hall–Kier alpha value is -0.120. The first-order chi connectivity index (χ1) is 16.5. The molecule has 2 aromatic rings. The van der Waals surface area contributed by atoms with Gasteiger partial charge in [-0.2, -0.15) is 0 Å². The summed E-state index contributed by atoms with van der Waals surface area (Å²) in [4.78, 5) is 0. The van der Waals surface area contributed by atoms with E-state index >= 15 is 0 Å². The second-order valence-electron chi connectivity index (χ2n) is 10.3. The van der Waals surface area contributed by atoms with Crippen LogP contribution in [-0.4, -0.2) is 34.6 Å². The van der Waals surface area contributed by atoms with Gasteiger partial charge in [0.15, 0.2) is 0 Å². The minimum absolute atomic E-state index is 0.0231. The third-order valence-electron chi connectivity index (χ3n) is 7.21. The molecule has 2 aliphatic rings. The van der Waals surface area contributed by atoms with Gasteiger partial charge in [-0.3, -0.25) is 0 Å². The highest BCUT2D eigenvalue weighted by atomic mass is 79.9. The van der Waals surface area contributed by atoms with Crippen molar-refractivity contribution < 1.29 is 19.7 Å². The Kier molecular flexibility index (Phi) is 9.35. The Balaban J connectivity index is 1.56. The maximum Gasteiger partial charge on any atom is 0.148 e. The number of ether oxygens (including phenoxy) is 2. The van der Waals surface area contributed by atoms with Crippen LogP contribution in [0.15, 0.2) is 42.2 Å². The highest BCUT2D eigenvalue weighted by Crippen LogP contribution is 2.45. The van der Waals surface area contributed by atoms with Crippen LogP contribution >= 0.6 is 63.7 Å². The van der Waals surface area contributed by atoms with Crippen molar-refractivity contribution in [2.75, 3.05) is 0 Å². The predicted octanol–water partition coefficient (Wildman–Crippen LogP) is 8.43. The standard InChI is InChI=1S/C27H32Br4O4/c1-27(2,15-9-21(28)25(22(29)10-15)34-19-7-3-5-17(32)13-19)16-11-23(30)26(24(31)12-16)35-20-8-4-6-18(33)14-20/h9-12,17-20,32-33H,3-8,13-14H2,1-2H3. The summed E-state index contributed by atoms with van der Waals surface area (Å²) in [5.74, 6) is 1.56. The summed E-state index contributed by atoms with van der Waals surface area (Å²) >= 11 is 14.9. The molecule has 2 N–H and O–H groups in total. The van der Waals surface area contributed by atoms with Crippen LogP contribution in [0.4, 0.5) is 0 Å². The van der Waals surface area contributed by atoms with E-state index < -0.39 is 0 Å². The van der Waals surface area contributed by atoms with Gasteiger partial charge in [0.05, 0.1) is 30.1 Å². The summed E-state index contributed by atoms with van der Waals surface area (Å²) in [7, 11) is 0. The Labute approximate surface area is 241 Å². The molecule has 192 valence electrons. The Bertz CT molecular complexity index is 930. The lowest BCUT2D eigenvalue weighted by Gasteiger charge is -2.31. The molecular formula is C27H32Br4O4. The van der Waals surface area contributed by atoms with Crippen LogP contribution in [-0.2, 0) is 5.41 Å². The van der Waals surface area contributed by atoms with Gasteiger partial charge in [0.2, 0.25) is 0 Å². The number of hydrogen-bond donors (Lipinski definition) is 2.